The van der Waals surface area contributed by atoms with E-state index < -0.39 is 0 Å². The molecule has 2 rings (SSSR count). The molecule has 0 aromatic carbocycles. The van der Waals surface area contributed by atoms with Crippen LogP contribution in [0.3, 0.4) is 0 Å². The third-order valence-corrected chi connectivity index (χ3v) is 5.56. The van der Waals surface area contributed by atoms with Crippen molar-refractivity contribution in [2.75, 3.05) is 7.05 Å². The van der Waals surface area contributed by atoms with Crippen LogP contribution in [0.5, 0.6) is 0 Å². The van der Waals surface area contributed by atoms with E-state index in [4.69, 9.17) is 0 Å². The molecule has 0 radical (unpaired) electrons. The van der Waals surface area contributed by atoms with Crippen LogP contribution in [0.25, 0.3) is 0 Å². The largest absolute Gasteiger partial charge is 0.316 e. The van der Waals surface area contributed by atoms with Crippen LogP contribution >= 0.6 is 27.3 Å². The summed E-state index contributed by atoms with van der Waals surface area (Å²) >= 11 is 5.50. The molecule has 1 aliphatic rings. The van der Waals surface area contributed by atoms with Gasteiger partial charge in [-0.3, -0.25) is 0 Å². The highest BCUT2D eigenvalue weighted by Gasteiger charge is 2.48. The minimum atomic E-state index is 0.391. The first-order valence-electron chi connectivity index (χ1n) is 4.97. The molecule has 1 aliphatic carbocycles. The fourth-order valence-electron chi connectivity index (χ4n) is 2.41. The van der Waals surface area contributed by atoms with E-state index in [0.717, 1.165) is 0 Å². The molecule has 2 unspecified atom stereocenters. The molecule has 0 spiro atoms. The Balaban J connectivity index is 2.21. The van der Waals surface area contributed by atoms with Crippen LogP contribution in [0.15, 0.2) is 15.9 Å². The number of rotatable bonds is 2. The number of nitrogens with one attached hydrogen (secondary N) is 1. The molecule has 3 heteroatoms. The van der Waals surface area contributed by atoms with Crippen LogP contribution in [0, 0.1) is 5.41 Å². The second-order valence-electron chi connectivity index (χ2n) is 4.58. The van der Waals surface area contributed by atoms with Crippen LogP contribution in [0.2, 0.25) is 0 Å². The first kappa shape index (κ1) is 10.7. The second-order valence-corrected chi connectivity index (χ2v) is 6.39. The highest BCUT2D eigenvalue weighted by molar-refractivity contribution is 9.10. The Morgan fingerprint density at radius 2 is 2.29 bits per heavy atom. The molecular formula is C11H16BrNS. The van der Waals surface area contributed by atoms with Crippen molar-refractivity contribution in [3.05, 3.63) is 20.8 Å². The molecule has 0 amide bonds. The third kappa shape index (κ3) is 1.46. The van der Waals surface area contributed by atoms with E-state index in [0.29, 0.717) is 17.4 Å². The van der Waals surface area contributed by atoms with Crippen molar-refractivity contribution in [1.82, 2.24) is 5.32 Å². The zero-order chi connectivity index (χ0) is 10.3. The Hall–Kier alpha value is 0.140. The Kier molecular flexibility index (Phi) is 2.75. The lowest BCUT2D eigenvalue weighted by atomic mass is 9.58. The van der Waals surface area contributed by atoms with Crippen molar-refractivity contribution >= 4 is 27.3 Å². The zero-order valence-corrected chi connectivity index (χ0v) is 11.2. The SMILES string of the molecule is CNC1CC(c2sccc2Br)C1(C)C. The van der Waals surface area contributed by atoms with Gasteiger partial charge < -0.3 is 5.32 Å². The van der Waals surface area contributed by atoms with E-state index >= 15 is 0 Å². The van der Waals surface area contributed by atoms with Gasteiger partial charge in [-0.15, -0.1) is 11.3 Å². The normalized spacial score (nSPS) is 30.0. The maximum atomic E-state index is 3.63. The van der Waals surface area contributed by atoms with E-state index in [9.17, 15) is 0 Å². The van der Waals surface area contributed by atoms with Crippen LogP contribution < -0.4 is 5.32 Å². The van der Waals surface area contributed by atoms with Gasteiger partial charge in [0.1, 0.15) is 0 Å². The quantitative estimate of drug-likeness (QED) is 0.868. The molecule has 78 valence electrons. The molecule has 1 heterocycles. The highest BCUT2D eigenvalue weighted by atomic mass is 79.9. The Bertz CT molecular complexity index is 332. The van der Waals surface area contributed by atoms with Gasteiger partial charge in [0, 0.05) is 21.3 Å². The molecule has 1 nitrogen and oxygen atoms in total. The molecule has 1 N–H and O–H groups in total. The fraction of sp³-hybridized carbons (Fsp3) is 0.636. The lowest BCUT2D eigenvalue weighted by Gasteiger charge is -2.52. The summed E-state index contributed by atoms with van der Waals surface area (Å²) in [5.74, 6) is 0.717. The van der Waals surface area contributed by atoms with Crippen molar-refractivity contribution in [2.24, 2.45) is 5.41 Å². The lowest BCUT2D eigenvalue weighted by Crippen LogP contribution is -2.54. The molecule has 1 fully saturated rings. The summed E-state index contributed by atoms with van der Waals surface area (Å²) in [6.07, 6.45) is 1.27. The molecule has 14 heavy (non-hydrogen) atoms. The van der Waals surface area contributed by atoms with Crippen molar-refractivity contribution in [3.63, 3.8) is 0 Å². The molecule has 0 saturated heterocycles. The first-order valence-corrected chi connectivity index (χ1v) is 6.64. The standard InChI is InChI=1S/C11H16BrNS/c1-11(2)7(6-9(11)13-3)10-8(12)4-5-14-10/h4-5,7,9,13H,6H2,1-3H3. The van der Waals surface area contributed by atoms with Crippen molar-refractivity contribution in [2.45, 2.75) is 32.2 Å². The Labute approximate surface area is 98.0 Å². The van der Waals surface area contributed by atoms with Gasteiger partial charge in [0.05, 0.1) is 0 Å². The number of hydrogen-bond acceptors (Lipinski definition) is 2. The first-order chi connectivity index (χ1) is 6.57. The van der Waals surface area contributed by atoms with E-state index in [1.54, 1.807) is 0 Å². The van der Waals surface area contributed by atoms with E-state index in [1.165, 1.54) is 15.8 Å². The van der Waals surface area contributed by atoms with E-state index in [2.05, 4.69) is 53.6 Å². The summed E-state index contributed by atoms with van der Waals surface area (Å²) in [6, 6.07) is 2.82. The minimum absolute atomic E-state index is 0.391. The van der Waals surface area contributed by atoms with Crippen molar-refractivity contribution < 1.29 is 0 Å². The van der Waals surface area contributed by atoms with Gasteiger partial charge in [-0.2, -0.15) is 0 Å². The molecular weight excluding hydrogens is 258 g/mol. The monoisotopic (exact) mass is 273 g/mol. The number of halogens is 1. The zero-order valence-electron chi connectivity index (χ0n) is 8.80. The average Bonchev–Trinajstić information content (AvgIpc) is 2.51. The topological polar surface area (TPSA) is 12.0 Å². The van der Waals surface area contributed by atoms with Crippen molar-refractivity contribution in [3.8, 4) is 0 Å². The van der Waals surface area contributed by atoms with Gasteiger partial charge in [0.25, 0.3) is 0 Å². The van der Waals surface area contributed by atoms with Crippen LogP contribution in [-0.4, -0.2) is 13.1 Å². The average molecular weight is 274 g/mol. The molecule has 1 aromatic rings. The minimum Gasteiger partial charge on any atom is -0.316 e. The summed E-state index contributed by atoms with van der Waals surface area (Å²) in [6.45, 7) is 4.71. The predicted octanol–water partition coefficient (Wildman–Crippen LogP) is 3.61. The third-order valence-electron chi connectivity index (χ3n) is 3.58. The summed E-state index contributed by atoms with van der Waals surface area (Å²) < 4.78 is 1.29. The molecule has 1 aromatic heterocycles. The van der Waals surface area contributed by atoms with Crippen LogP contribution in [0.4, 0.5) is 0 Å². The Morgan fingerprint density at radius 1 is 1.57 bits per heavy atom. The lowest BCUT2D eigenvalue weighted by molar-refractivity contribution is 0.0770. The summed E-state index contributed by atoms with van der Waals surface area (Å²) in [5.41, 5.74) is 0.391. The summed E-state index contributed by atoms with van der Waals surface area (Å²) in [4.78, 5) is 1.52. The Morgan fingerprint density at radius 3 is 2.71 bits per heavy atom. The molecule has 0 bridgehead atoms. The van der Waals surface area contributed by atoms with Crippen LogP contribution in [-0.2, 0) is 0 Å². The van der Waals surface area contributed by atoms with Gasteiger partial charge >= 0.3 is 0 Å². The number of hydrogen-bond donors (Lipinski definition) is 1. The summed E-state index contributed by atoms with van der Waals surface area (Å²) in [5, 5.41) is 5.56. The van der Waals surface area contributed by atoms with Gasteiger partial charge in [-0.05, 0) is 46.3 Å². The second kappa shape index (κ2) is 3.62. The maximum absolute atomic E-state index is 3.63. The van der Waals surface area contributed by atoms with Gasteiger partial charge in [-0.1, -0.05) is 13.8 Å². The van der Waals surface area contributed by atoms with Gasteiger partial charge in [-0.25, -0.2) is 0 Å². The van der Waals surface area contributed by atoms with Gasteiger partial charge in [0.15, 0.2) is 0 Å². The number of thiophene rings is 1. The van der Waals surface area contributed by atoms with E-state index in [1.807, 2.05) is 11.3 Å². The predicted molar refractivity (Wildman–Crippen MR) is 66.0 cm³/mol. The maximum Gasteiger partial charge on any atom is 0.0317 e. The van der Waals surface area contributed by atoms with Gasteiger partial charge in [0.2, 0.25) is 0 Å². The van der Waals surface area contributed by atoms with Crippen LogP contribution in [0.1, 0.15) is 31.1 Å². The van der Waals surface area contributed by atoms with E-state index in [-0.39, 0.29) is 0 Å². The molecule has 1 saturated carbocycles. The summed E-state index contributed by atoms with van der Waals surface area (Å²) in [7, 11) is 2.06. The highest BCUT2D eigenvalue weighted by Crippen LogP contribution is 2.55. The van der Waals surface area contributed by atoms with Crippen molar-refractivity contribution in [1.29, 1.82) is 0 Å². The fourth-order valence-corrected chi connectivity index (χ4v) is 4.37. The smallest absolute Gasteiger partial charge is 0.0317 e. The molecule has 2 atom stereocenters. The molecule has 0 aliphatic heterocycles.